The number of rotatable bonds is 4. The molecular formula is C15H22N2O2. The van der Waals surface area contributed by atoms with Gasteiger partial charge in [0.05, 0.1) is 0 Å². The van der Waals surface area contributed by atoms with Crippen LogP contribution in [-0.2, 0) is 16.1 Å². The molecule has 2 rings (SSSR count). The zero-order chi connectivity index (χ0) is 13.8. The minimum Gasteiger partial charge on any atom is -0.378 e. The molecule has 0 unspecified atom stereocenters. The van der Waals surface area contributed by atoms with Gasteiger partial charge in [-0.25, -0.2) is 0 Å². The summed E-state index contributed by atoms with van der Waals surface area (Å²) in [5.41, 5.74) is 2.30. The van der Waals surface area contributed by atoms with Gasteiger partial charge in [-0.15, -0.1) is 0 Å². The van der Waals surface area contributed by atoms with Crippen LogP contribution in [0.4, 0.5) is 5.69 Å². The van der Waals surface area contributed by atoms with Crippen molar-refractivity contribution in [3.05, 3.63) is 29.8 Å². The summed E-state index contributed by atoms with van der Waals surface area (Å²) in [5.74, 6) is 0.0918. The summed E-state index contributed by atoms with van der Waals surface area (Å²) in [6, 6.07) is 8.27. The second-order valence-corrected chi connectivity index (χ2v) is 5.26. The lowest BCUT2D eigenvalue weighted by molar-refractivity contribution is -0.140. The van der Waals surface area contributed by atoms with E-state index in [4.69, 9.17) is 4.74 Å². The highest BCUT2D eigenvalue weighted by Crippen LogP contribution is 2.17. The van der Waals surface area contributed by atoms with Crippen LogP contribution >= 0.6 is 0 Å². The van der Waals surface area contributed by atoms with Gasteiger partial charge in [-0.3, -0.25) is 4.79 Å². The van der Waals surface area contributed by atoms with Crippen LogP contribution < -0.4 is 4.90 Å². The molecule has 0 aromatic heterocycles. The molecule has 0 radical (unpaired) electrons. The number of ether oxygens (including phenoxy) is 1. The van der Waals surface area contributed by atoms with Crippen molar-refractivity contribution < 1.29 is 9.53 Å². The van der Waals surface area contributed by atoms with Gasteiger partial charge >= 0.3 is 0 Å². The molecule has 1 amide bonds. The van der Waals surface area contributed by atoms with E-state index in [9.17, 15) is 4.79 Å². The summed E-state index contributed by atoms with van der Waals surface area (Å²) in [6.45, 7) is 1.34. The Labute approximate surface area is 115 Å². The summed E-state index contributed by atoms with van der Waals surface area (Å²) in [6.07, 6.45) is 1.61. The zero-order valence-corrected chi connectivity index (χ0v) is 11.9. The van der Waals surface area contributed by atoms with E-state index in [1.165, 1.54) is 0 Å². The highest BCUT2D eigenvalue weighted by Gasteiger charge is 2.26. The van der Waals surface area contributed by atoms with Crippen LogP contribution in [0.2, 0.25) is 0 Å². The average molecular weight is 262 g/mol. The Morgan fingerprint density at radius 2 is 1.95 bits per heavy atom. The number of carbonyl (C=O) groups excluding carboxylic acids is 1. The standard InChI is InChI=1S/C15H22N2O2/c1-16(2)13-8-6-12(7-9-13)11-17(3)15(18)14-5-4-10-19-14/h6-9,14H,4-5,10-11H2,1-3H3/t14-/m1/s1. The Bertz CT molecular complexity index is 422. The topological polar surface area (TPSA) is 32.8 Å². The van der Waals surface area contributed by atoms with Crippen molar-refractivity contribution in [3.8, 4) is 0 Å². The van der Waals surface area contributed by atoms with Crippen LogP contribution in [0.15, 0.2) is 24.3 Å². The summed E-state index contributed by atoms with van der Waals surface area (Å²) in [7, 11) is 5.87. The molecule has 104 valence electrons. The maximum Gasteiger partial charge on any atom is 0.251 e. The Balaban J connectivity index is 1.94. The first-order valence-corrected chi connectivity index (χ1v) is 6.71. The first kappa shape index (κ1) is 13.9. The first-order chi connectivity index (χ1) is 9.08. The van der Waals surface area contributed by atoms with Gasteiger partial charge in [0.25, 0.3) is 5.91 Å². The molecule has 1 fully saturated rings. The lowest BCUT2D eigenvalue weighted by atomic mass is 10.1. The molecular weight excluding hydrogens is 240 g/mol. The number of hydrogen-bond donors (Lipinski definition) is 0. The second kappa shape index (κ2) is 6.06. The van der Waals surface area contributed by atoms with E-state index in [1.54, 1.807) is 4.90 Å². The van der Waals surface area contributed by atoms with Gasteiger partial charge < -0.3 is 14.5 Å². The monoisotopic (exact) mass is 262 g/mol. The number of benzene rings is 1. The fraction of sp³-hybridized carbons (Fsp3) is 0.533. The molecule has 1 atom stereocenters. The van der Waals surface area contributed by atoms with Crippen molar-refractivity contribution in [2.45, 2.75) is 25.5 Å². The summed E-state index contributed by atoms with van der Waals surface area (Å²) in [5, 5.41) is 0. The third-order valence-electron chi connectivity index (χ3n) is 3.45. The molecule has 0 saturated carbocycles. The minimum atomic E-state index is -0.231. The number of nitrogens with zero attached hydrogens (tertiary/aromatic N) is 2. The molecule has 0 bridgehead atoms. The van der Waals surface area contributed by atoms with Gasteiger partial charge in [0.1, 0.15) is 6.10 Å². The smallest absolute Gasteiger partial charge is 0.251 e. The van der Waals surface area contributed by atoms with Crippen LogP contribution in [0.5, 0.6) is 0 Å². The largest absolute Gasteiger partial charge is 0.378 e. The maximum atomic E-state index is 12.1. The third kappa shape index (κ3) is 3.47. The van der Waals surface area contributed by atoms with Crippen molar-refractivity contribution in [2.75, 3.05) is 32.6 Å². The van der Waals surface area contributed by atoms with E-state index in [0.717, 1.165) is 24.1 Å². The Morgan fingerprint density at radius 1 is 1.26 bits per heavy atom. The quantitative estimate of drug-likeness (QED) is 0.830. The fourth-order valence-electron chi connectivity index (χ4n) is 2.27. The maximum absolute atomic E-state index is 12.1. The zero-order valence-electron chi connectivity index (χ0n) is 11.9. The number of carbonyl (C=O) groups is 1. The molecule has 0 aliphatic carbocycles. The summed E-state index contributed by atoms with van der Waals surface area (Å²) >= 11 is 0. The lowest BCUT2D eigenvalue weighted by Crippen LogP contribution is -2.35. The predicted molar refractivity (Wildman–Crippen MR) is 76.2 cm³/mol. The minimum absolute atomic E-state index is 0.0918. The van der Waals surface area contributed by atoms with Crippen LogP contribution in [0.1, 0.15) is 18.4 Å². The van der Waals surface area contributed by atoms with Crippen LogP contribution in [-0.4, -0.2) is 44.7 Å². The molecule has 0 N–H and O–H groups in total. The van der Waals surface area contributed by atoms with Gasteiger partial charge in [0, 0.05) is 40.0 Å². The van der Waals surface area contributed by atoms with Crippen molar-refractivity contribution in [2.24, 2.45) is 0 Å². The highest BCUT2D eigenvalue weighted by atomic mass is 16.5. The number of hydrogen-bond acceptors (Lipinski definition) is 3. The van der Waals surface area contributed by atoms with E-state index in [1.807, 2.05) is 21.1 Å². The van der Waals surface area contributed by atoms with E-state index in [-0.39, 0.29) is 12.0 Å². The molecule has 1 aromatic rings. The molecule has 19 heavy (non-hydrogen) atoms. The van der Waals surface area contributed by atoms with Crippen molar-refractivity contribution in [3.63, 3.8) is 0 Å². The van der Waals surface area contributed by atoms with Crippen molar-refractivity contribution in [1.82, 2.24) is 4.90 Å². The van der Waals surface area contributed by atoms with Gasteiger partial charge in [-0.2, -0.15) is 0 Å². The van der Waals surface area contributed by atoms with E-state index in [0.29, 0.717) is 13.2 Å². The van der Waals surface area contributed by atoms with Gasteiger partial charge in [-0.1, -0.05) is 12.1 Å². The van der Waals surface area contributed by atoms with Crippen LogP contribution in [0.25, 0.3) is 0 Å². The molecule has 4 nitrogen and oxygen atoms in total. The predicted octanol–water partition coefficient (Wildman–Crippen LogP) is 1.89. The molecule has 1 aliphatic rings. The van der Waals surface area contributed by atoms with Crippen molar-refractivity contribution in [1.29, 1.82) is 0 Å². The van der Waals surface area contributed by atoms with Crippen molar-refractivity contribution >= 4 is 11.6 Å². The lowest BCUT2D eigenvalue weighted by Gasteiger charge is -2.21. The van der Waals surface area contributed by atoms with Crippen LogP contribution in [0, 0.1) is 0 Å². The molecule has 1 aliphatic heterocycles. The second-order valence-electron chi connectivity index (χ2n) is 5.26. The third-order valence-corrected chi connectivity index (χ3v) is 3.45. The van der Waals surface area contributed by atoms with Gasteiger partial charge in [-0.05, 0) is 30.5 Å². The van der Waals surface area contributed by atoms with E-state index in [2.05, 4.69) is 29.2 Å². The average Bonchev–Trinajstić information content (AvgIpc) is 2.92. The summed E-state index contributed by atoms with van der Waals surface area (Å²) < 4.78 is 5.43. The normalized spacial score (nSPS) is 18.4. The number of likely N-dealkylation sites (N-methyl/N-ethyl adjacent to an activating group) is 1. The molecule has 1 saturated heterocycles. The molecule has 0 spiro atoms. The Kier molecular flexibility index (Phi) is 4.43. The number of anilines is 1. The SMILES string of the molecule is CN(Cc1ccc(N(C)C)cc1)C(=O)[C@H]1CCCO1. The van der Waals surface area contributed by atoms with Gasteiger partial charge in [0.15, 0.2) is 0 Å². The Morgan fingerprint density at radius 3 is 2.47 bits per heavy atom. The highest BCUT2D eigenvalue weighted by molar-refractivity contribution is 5.80. The van der Waals surface area contributed by atoms with E-state index < -0.39 is 0 Å². The Hall–Kier alpha value is -1.55. The number of amides is 1. The summed E-state index contributed by atoms with van der Waals surface area (Å²) in [4.78, 5) is 15.9. The van der Waals surface area contributed by atoms with Crippen LogP contribution in [0.3, 0.4) is 0 Å². The molecule has 4 heteroatoms. The first-order valence-electron chi connectivity index (χ1n) is 6.71. The molecule has 1 heterocycles. The molecule has 1 aromatic carbocycles. The van der Waals surface area contributed by atoms with E-state index >= 15 is 0 Å². The fourth-order valence-corrected chi connectivity index (χ4v) is 2.27. The van der Waals surface area contributed by atoms with Gasteiger partial charge in [0.2, 0.25) is 0 Å².